The molecule has 28 heavy (non-hydrogen) atoms. The molecule has 0 amide bonds. The van der Waals surface area contributed by atoms with Gasteiger partial charge in [0.25, 0.3) is 0 Å². The van der Waals surface area contributed by atoms with E-state index in [-0.39, 0.29) is 5.41 Å². The minimum absolute atomic E-state index is 0.193. The highest BCUT2D eigenvalue weighted by Gasteiger charge is 2.26. The van der Waals surface area contributed by atoms with Gasteiger partial charge in [0.05, 0.1) is 17.7 Å². The van der Waals surface area contributed by atoms with E-state index >= 15 is 0 Å². The maximum Gasteiger partial charge on any atom is 0.218 e. The monoisotopic (exact) mass is 396 g/mol. The fourth-order valence-corrected chi connectivity index (χ4v) is 4.16. The largest absolute Gasteiger partial charge is 0.443 e. The quantitative estimate of drug-likeness (QED) is 0.479. The van der Waals surface area contributed by atoms with Crippen molar-refractivity contribution in [2.75, 3.05) is 13.1 Å². The molecule has 1 saturated heterocycles. The lowest BCUT2D eigenvalue weighted by Gasteiger charge is -2.23. The van der Waals surface area contributed by atoms with Crippen molar-refractivity contribution >= 4 is 23.6 Å². The van der Waals surface area contributed by atoms with Crippen LogP contribution in [0.4, 0.5) is 5.69 Å². The number of aryl methyl sites for hydroxylation is 2. The summed E-state index contributed by atoms with van der Waals surface area (Å²) in [5, 5.41) is 10.2. The molecule has 1 aromatic carbocycles. The molecule has 1 aliphatic rings. The Balaban J connectivity index is 1.83. The van der Waals surface area contributed by atoms with Gasteiger partial charge in [0.15, 0.2) is 0 Å². The zero-order valence-corrected chi connectivity index (χ0v) is 18.2. The smallest absolute Gasteiger partial charge is 0.218 e. The van der Waals surface area contributed by atoms with Crippen molar-refractivity contribution < 1.29 is 4.74 Å². The molecule has 2 aromatic rings. The molecule has 1 aromatic heterocycles. The molecular formula is C22H28N4OS. The average Bonchev–Trinajstić information content (AvgIpc) is 3.07. The molecule has 0 unspecified atom stereocenters. The fourth-order valence-electron chi connectivity index (χ4n) is 3.26. The Morgan fingerprint density at radius 2 is 1.89 bits per heavy atom. The van der Waals surface area contributed by atoms with Crippen LogP contribution in [-0.4, -0.2) is 28.7 Å². The first-order chi connectivity index (χ1) is 13.3. The number of hydrogen-bond donors (Lipinski definition) is 0. The van der Waals surface area contributed by atoms with E-state index < -0.39 is 0 Å². The van der Waals surface area contributed by atoms with E-state index in [0.29, 0.717) is 10.6 Å². The van der Waals surface area contributed by atoms with Crippen molar-refractivity contribution in [1.29, 1.82) is 5.26 Å². The van der Waals surface area contributed by atoms with Gasteiger partial charge in [0.1, 0.15) is 17.4 Å². The van der Waals surface area contributed by atoms with Gasteiger partial charge in [-0.3, -0.25) is 0 Å². The fraction of sp³-hybridized carbons (Fsp3) is 0.500. The van der Waals surface area contributed by atoms with Crippen LogP contribution < -0.4 is 4.74 Å². The van der Waals surface area contributed by atoms with Crippen molar-refractivity contribution in [2.45, 2.75) is 59.3 Å². The van der Waals surface area contributed by atoms with Gasteiger partial charge in [-0.25, -0.2) is 4.99 Å². The molecule has 1 aliphatic heterocycles. The van der Waals surface area contributed by atoms with Gasteiger partial charge in [-0.15, -0.1) is 0 Å². The van der Waals surface area contributed by atoms with Gasteiger partial charge in [-0.1, -0.05) is 20.8 Å². The van der Waals surface area contributed by atoms with E-state index in [1.165, 1.54) is 30.8 Å². The van der Waals surface area contributed by atoms with Crippen LogP contribution in [0.25, 0.3) is 0 Å². The van der Waals surface area contributed by atoms with E-state index in [9.17, 15) is 5.26 Å². The van der Waals surface area contributed by atoms with Crippen LogP contribution in [0.3, 0.4) is 0 Å². The van der Waals surface area contributed by atoms with E-state index in [2.05, 4.69) is 36.1 Å². The van der Waals surface area contributed by atoms with Gasteiger partial charge in [-0.2, -0.15) is 9.64 Å². The maximum atomic E-state index is 9.60. The highest BCUT2D eigenvalue weighted by atomic mass is 32.1. The third-order valence-electron chi connectivity index (χ3n) is 4.93. The zero-order valence-electron chi connectivity index (χ0n) is 17.4. The number of rotatable bonds is 4. The summed E-state index contributed by atoms with van der Waals surface area (Å²) >= 11 is 1.24. The number of nitrogens with zero attached hydrogens (tertiary/aromatic N) is 4. The number of benzene rings is 1. The predicted molar refractivity (Wildman–Crippen MR) is 115 cm³/mol. The van der Waals surface area contributed by atoms with Crippen molar-refractivity contribution in [1.82, 2.24) is 9.27 Å². The molecule has 0 atom stereocenters. The van der Waals surface area contributed by atoms with Crippen molar-refractivity contribution in [3.05, 3.63) is 34.5 Å². The second-order valence-corrected chi connectivity index (χ2v) is 9.14. The minimum atomic E-state index is -0.193. The molecule has 5 nitrogen and oxygen atoms in total. The Labute approximate surface area is 171 Å². The normalized spacial score (nSPS) is 15.1. The molecule has 2 heterocycles. The molecule has 1 fully saturated rings. The molecule has 0 bridgehead atoms. The molecular weight excluding hydrogens is 368 g/mol. The predicted octanol–water partition coefficient (Wildman–Crippen LogP) is 5.87. The Hall–Kier alpha value is -2.39. The lowest BCUT2D eigenvalue weighted by atomic mass is 9.90. The van der Waals surface area contributed by atoms with E-state index in [0.717, 1.165) is 41.3 Å². The number of aliphatic imine (C=N–C) groups is 1. The van der Waals surface area contributed by atoms with Crippen LogP contribution in [-0.2, 0) is 5.41 Å². The number of likely N-dealkylation sites (tertiary alicyclic amines) is 1. The number of hydrogen-bond acceptors (Lipinski definition) is 5. The van der Waals surface area contributed by atoms with Crippen LogP contribution in [0, 0.1) is 25.2 Å². The highest BCUT2D eigenvalue weighted by molar-refractivity contribution is 7.08. The molecule has 0 aliphatic carbocycles. The molecule has 3 rings (SSSR count). The summed E-state index contributed by atoms with van der Waals surface area (Å²) in [6.07, 6.45) is 5.76. The van der Waals surface area contributed by atoms with Crippen LogP contribution >= 0.6 is 11.5 Å². The molecule has 0 spiro atoms. The maximum absolute atomic E-state index is 9.60. The lowest BCUT2D eigenvalue weighted by Crippen LogP contribution is -2.28. The van der Waals surface area contributed by atoms with Gasteiger partial charge < -0.3 is 9.64 Å². The Bertz CT molecular complexity index is 912. The summed E-state index contributed by atoms with van der Waals surface area (Å²) < 4.78 is 10.6. The van der Waals surface area contributed by atoms with Gasteiger partial charge in [0.2, 0.25) is 5.06 Å². The van der Waals surface area contributed by atoms with E-state index in [1.807, 2.05) is 32.3 Å². The lowest BCUT2D eigenvalue weighted by molar-refractivity contribution is 0.351. The first-order valence-electron chi connectivity index (χ1n) is 9.77. The van der Waals surface area contributed by atoms with E-state index in [1.54, 1.807) is 0 Å². The van der Waals surface area contributed by atoms with Crippen molar-refractivity contribution in [2.24, 2.45) is 4.99 Å². The number of piperidine rings is 1. The highest BCUT2D eigenvalue weighted by Crippen LogP contribution is 2.39. The van der Waals surface area contributed by atoms with Gasteiger partial charge in [-0.05, 0) is 56.4 Å². The van der Waals surface area contributed by atoms with Crippen LogP contribution in [0.1, 0.15) is 62.4 Å². The Morgan fingerprint density at radius 1 is 1.18 bits per heavy atom. The van der Waals surface area contributed by atoms with Crippen LogP contribution in [0.15, 0.2) is 17.1 Å². The first-order valence-corrected chi connectivity index (χ1v) is 10.5. The Kier molecular flexibility index (Phi) is 6.04. The molecule has 6 heteroatoms. The summed E-state index contributed by atoms with van der Waals surface area (Å²) in [5.41, 5.74) is 4.12. The van der Waals surface area contributed by atoms with Gasteiger partial charge >= 0.3 is 0 Å². The number of aromatic nitrogens is 1. The standard InChI is InChI=1S/C22H28N4OS/c1-15-12-19(27-21-17(13-23)20(25-28-21)22(3,4)5)16(2)11-18(15)24-14-26-9-7-6-8-10-26/h11-12,14H,6-10H2,1-5H3. The minimum Gasteiger partial charge on any atom is -0.443 e. The summed E-state index contributed by atoms with van der Waals surface area (Å²) in [6, 6.07) is 6.31. The molecule has 0 N–H and O–H groups in total. The molecule has 0 radical (unpaired) electrons. The van der Waals surface area contributed by atoms with Crippen LogP contribution in [0.5, 0.6) is 10.8 Å². The SMILES string of the molecule is Cc1cc(Oc2snc(C(C)(C)C)c2C#N)c(C)cc1N=CN1CCCCC1. The van der Waals surface area contributed by atoms with Gasteiger partial charge in [0, 0.05) is 30.0 Å². The topological polar surface area (TPSA) is 61.5 Å². The molecule has 148 valence electrons. The van der Waals surface area contributed by atoms with Crippen LogP contribution in [0.2, 0.25) is 0 Å². The summed E-state index contributed by atoms with van der Waals surface area (Å²) in [7, 11) is 0. The summed E-state index contributed by atoms with van der Waals surface area (Å²) in [6.45, 7) is 12.4. The summed E-state index contributed by atoms with van der Waals surface area (Å²) in [5.74, 6) is 0.745. The zero-order chi connectivity index (χ0) is 20.3. The summed E-state index contributed by atoms with van der Waals surface area (Å²) in [4.78, 5) is 6.98. The second kappa shape index (κ2) is 8.32. The first kappa shape index (κ1) is 20.3. The second-order valence-electron chi connectivity index (χ2n) is 8.40. The van der Waals surface area contributed by atoms with E-state index in [4.69, 9.17) is 9.73 Å². The number of nitriles is 1. The van der Waals surface area contributed by atoms with Crippen molar-refractivity contribution in [3.63, 3.8) is 0 Å². The Morgan fingerprint density at radius 3 is 2.54 bits per heavy atom. The third kappa shape index (κ3) is 4.53. The number of ether oxygens (including phenoxy) is 1. The third-order valence-corrected chi connectivity index (χ3v) is 5.66. The van der Waals surface area contributed by atoms with Crippen molar-refractivity contribution in [3.8, 4) is 16.9 Å². The molecule has 0 saturated carbocycles. The average molecular weight is 397 g/mol.